The van der Waals surface area contributed by atoms with Gasteiger partial charge in [0.1, 0.15) is 0 Å². The van der Waals surface area contributed by atoms with Gasteiger partial charge in [0.2, 0.25) is 0 Å². The molecular weight excluding hydrogens is 132 g/mol. The van der Waals surface area contributed by atoms with E-state index in [4.69, 9.17) is 0 Å². The minimum atomic E-state index is 1.05. The first kappa shape index (κ1) is 8.06. The molecule has 1 radical (unpaired) electrons. The maximum Gasteiger partial charge on any atom is -0.0149 e. The first-order chi connectivity index (χ1) is 5.33. The monoisotopic (exact) mass is 145 g/mol. The third-order valence-electron chi connectivity index (χ3n) is 1.49. The first-order valence-corrected chi connectivity index (χ1v) is 3.98. The maximum absolute atomic E-state index is 3.21. The van der Waals surface area contributed by atoms with Crippen molar-refractivity contribution in [2.75, 3.05) is 0 Å². The maximum atomic E-state index is 3.21. The lowest BCUT2D eigenvalue weighted by molar-refractivity contribution is 1.21. The fraction of sp³-hybridized carbons (Fsp3) is 0.273. The van der Waals surface area contributed by atoms with Crippen LogP contribution in [0.2, 0.25) is 0 Å². The van der Waals surface area contributed by atoms with Crippen LogP contribution in [0.4, 0.5) is 0 Å². The zero-order chi connectivity index (χ0) is 8.10. The van der Waals surface area contributed by atoms with Crippen molar-refractivity contribution in [3.05, 3.63) is 47.5 Å². The zero-order valence-corrected chi connectivity index (χ0v) is 7.09. The van der Waals surface area contributed by atoms with Crippen LogP contribution in [0.3, 0.4) is 0 Å². The predicted molar refractivity (Wildman–Crippen MR) is 48.4 cm³/mol. The highest BCUT2D eigenvalue weighted by Gasteiger charge is 1.85. The second kappa shape index (κ2) is 3.97. The summed E-state index contributed by atoms with van der Waals surface area (Å²) >= 11 is 0. The van der Waals surface area contributed by atoms with Crippen LogP contribution in [0.25, 0.3) is 0 Å². The van der Waals surface area contributed by atoms with E-state index < -0.39 is 0 Å². The summed E-state index contributed by atoms with van der Waals surface area (Å²) in [4.78, 5) is 0. The van der Waals surface area contributed by atoms with Gasteiger partial charge in [0.15, 0.2) is 0 Å². The molecule has 0 spiro atoms. The van der Waals surface area contributed by atoms with Crippen molar-refractivity contribution in [2.24, 2.45) is 0 Å². The van der Waals surface area contributed by atoms with E-state index in [1.165, 1.54) is 11.1 Å². The molecule has 0 N–H and O–H groups in total. The van der Waals surface area contributed by atoms with E-state index in [1.807, 2.05) is 0 Å². The standard InChI is InChI=1S/C11H13/c1-3-4-7-11-8-5-6-10(2)9-11/h4-6,8-9H,3H2,1-2H3. The van der Waals surface area contributed by atoms with Gasteiger partial charge in [-0.05, 0) is 25.0 Å². The topological polar surface area (TPSA) is 0 Å². The Labute approximate surface area is 68.6 Å². The third-order valence-corrected chi connectivity index (χ3v) is 1.49. The van der Waals surface area contributed by atoms with Gasteiger partial charge in [-0.25, -0.2) is 0 Å². The van der Waals surface area contributed by atoms with Crippen molar-refractivity contribution < 1.29 is 0 Å². The zero-order valence-electron chi connectivity index (χ0n) is 7.09. The molecule has 0 bridgehead atoms. The Kier molecular flexibility index (Phi) is 2.91. The summed E-state index contributed by atoms with van der Waals surface area (Å²) in [5.41, 5.74) is 2.46. The summed E-state index contributed by atoms with van der Waals surface area (Å²) in [7, 11) is 0. The van der Waals surface area contributed by atoms with E-state index in [1.54, 1.807) is 0 Å². The Balaban J connectivity index is 2.79. The van der Waals surface area contributed by atoms with Gasteiger partial charge in [-0.1, -0.05) is 42.8 Å². The smallest absolute Gasteiger partial charge is 0.0149 e. The molecule has 0 amide bonds. The molecule has 0 fully saturated rings. The first-order valence-electron chi connectivity index (χ1n) is 3.98. The molecule has 0 unspecified atom stereocenters. The van der Waals surface area contributed by atoms with E-state index in [0.29, 0.717) is 0 Å². The van der Waals surface area contributed by atoms with Gasteiger partial charge < -0.3 is 0 Å². The predicted octanol–water partition coefficient (Wildman–Crippen LogP) is 3.11. The minimum absolute atomic E-state index is 1.05. The van der Waals surface area contributed by atoms with Crippen molar-refractivity contribution >= 4 is 0 Å². The summed E-state index contributed by atoms with van der Waals surface area (Å²) in [6, 6.07) is 8.35. The highest BCUT2D eigenvalue weighted by Crippen LogP contribution is 2.03. The van der Waals surface area contributed by atoms with Crippen LogP contribution in [-0.4, -0.2) is 0 Å². The molecule has 0 aliphatic rings. The molecule has 0 heterocycles. The Bertz CT molecular complexity index is 246. The van der Waals surface area contributed by atoms with Crippen LogP contribution in [-0.2, 0) is 0 Å². The molecule has 1 aromatic rings. The van der Waals surface area contributed by atoms with Crippen molar-refractivity contribution in [1.82, 2.24) is 0 Å². The van der Waals surface area contributed by atoms with E-state index >= 15 is 0 Å². The van der Waals surface area contributed by atoms with Crippen molar-refractivity contribution in [3.63, 3.8) is 0 Å². The van der Waals surface area contributed by atoms with Crippen LogP contribution >= 0.6 is 0 Å². The molecule has 0 saturated heterocycles. The molecule has 0 heteroatoms. The minimum Gasteiger partial charge on any atom is -0.0763 e. The number of allylic oxidation sites excluding steroid dienone is 1. The number of benzene rings is 1. The van der Waals surface area contributed by atoms with Gasteiger partial charge in [-0.3, -0.25) is 0 Å². The highest BCUT2D eigenvalue weighted by molar-refractivity contribution is 5.26. The lowest BCUT2D eigenvalue weighted by Gasteiger charge is -1.93. The molecule has 0 aliphatic heterocycles. The second-order valence-corrected chi connectivity index (χ2v) is 2.63. The SMILES string of the molecule is CC/C=[C]\c1cccc(C)c1. The average Bonchev–Trinajstić information content (AvgIpc) is 2.01. The van der Waals surface area contributed by atoms with E-state index in [-0.39, 0.29) is 0 Å². The number of hydrogen-bond acceptors (Lipinski definition) is 0. The number of hydrogen-bond donors (Lipinski definition) is 0. The Morgan fingerprint density at radius 2 is 2.27 bits per heavy atom. The molecule has 0 aliphatic carbocycles. The van der Waals surface area contributed by atoms with Crippen LogP contribution in [0.1, 0.15) is 24.5 Å². The highest BCUT2D eigenvalue weighted by atomic mass is 13.9. The molecule has 1 aromatic carbocycles. The molecule has 0 atom stereocenters. The van der Waals surface area contributed by atoms with E-state index in [9.17, 15) is 0 Å². The summed E-state index contributed by atoms with van der Waals surface area (Å²) in [6.07, 6.45) is 6.31. The van der Waals surface area contributed by atoms with Gasteiger partial charge in [-0.15, -0.1) is 0 Å². The van der Waals surface area contributed by atoms with Gasteiger partial charge in [0.25, 0.3) is 0 Å². The van der Waals surface area contributed by atoms with Gasteiger partial charge >= 0.3 is 0 Å². The summed E-state index contributed by atoms with van der Waals surface area (Å²) in [6.45, 7) is 4.21. The molecular formula is C11H13. The number of aryl methyl sites for hydroxylation is 1. The van der Waals surface area contributed by atoms with Gasteiger partial charge in [0.05, 0.1) is 0 Å². The van der Waals surface area contributed by atoms with Crippen LogP contribution in [0, 0.1) is 13.0 Å². The van der Waals surface area contributed by atoms with Crippen molar-refractivity contribution in [2.45, 2.75) is 20.3 Å². The lowest BCUT2D eigenvalue weighted by Crippen LogP contribution is -1.75. The molecule has 11 heavy (non-hydrogen) atoms. The number of rotatable bonds is 2. The van der Waals surface area contributed by atoms with Crippen LogP contribution in [0.5, 0.6) is 0 Å². The normalized spacial score (nSPS) is 10.7. The molecule has 57 valence electrons. The summed E-state index contributed by atoms with van der Waals surface area (Å²) in [5, 5.41) is 0. The van der Waals surface area contributed by atoms with Gasteiger partial charge in [0, 0.05) is 0 Å². The van der Waals surface area contributed by atoms with Crippen LogP contribution in [0.15, 0.2) is 30.3 Å². The van der Waals surface area contributed by atoms with Crippen LogP contribution < -0.4 is 0 Å². The summed E-state index contributed by atoms with van der Waals surface area (Å²) in [5.74, 6) is 0. The molecule has 0 aromatic heterocycles. The fourth-order valence-electron chi connectivity index (χ4n) is 0.955. The van der Waals surface area contributed by atoms with Crippen molar-refractivity contribution in [3.8, 4) is 0 Å². The fourth-order valence-corrected chi connectivity index (χ4v) is 0.955. The summed E-state index contributed by atoms with van der Waals surface area (Å²) < 4.78 is 0. The molecule has 1 rings (SSSR count). The molecule has 0 nitrogen and oxygen atoms in total. The Hall–Kier alpha value is -1.04. The molecule has 0 saturated carbocycles. The third kappa shape index (κ3) is 2.58. The van der Waals surface area contributed by atoms with E-state index in [0.717, 1.165) is 6.42 Å². The van der Waals surface area contributed by atoms with E-state index in [2.05, 4.69) is 50.3 Å². The van der Waals surface area contributed by atoms with Gasteiger partial charge in [-0.2, -0.15) is 0 Å². The second-order valence-electron chi connectivity index (χ2n) is 2.63. The quantitative estimate of drug-likeness (QED) is 0.599. The average molecular weight is 145 g/mol. The largest absolute Gasteiger partial charge is 0.0763 e. The lowest BCUT2D eigenvalue weighted by atomic mass is 10.1. The van der Waals surface area contributed by atoms with Crippen molar-refractivity contribution in [1.29, 1.82) is 0 Å². The Morgan fingerprint density at radius 1 is 1.45 bits per heavy atom. The Morgan fingerprint density at radius 3 is 2.91 bits per heavy atom.